The first-order chi connectivity index (χ1) is 15.9. The summed E-state index contributed by atoms with van der Waals surface area (Å²) in [5.74, 6) is -2.04. The molecule has 1 aliphatic rings. The molecule has 168 valence electrons. The molecule has 1 atom stereocenters. The highest BCUT2D eigenvalue weighted by Crippen LogP contribution is 2.30. The number of rotatable bonds is 6. The quantitative estimate of drug-likeness (QED) is 0.414. The number of nitrogens with zero attached hydrogens (tertiary/aromatic N) is 3. The Labute approximate surface area is 189 Å². The molecule has 1 aliphatic carbocycles. The van der Waals surface area contributed by atoms with Gasteiger partial charge in [-0.3, -0.25) is 9.59 Å². The number of fused-ring (bicyclic) bond motifs is 2. The molecule has 0 spiro atoms. The molecule has 0 amide bonds. The van der Waals surface area contributed by atoms with Gasteiger partial charge in [-0.1, -0.05) is 35.5 Å². The molecule has 0 aliphatic heterocycles. The molecule has 3 aromatic rings. The number of carbonyl (C=O) groups is 4. The van der Waals surface area contributed by atoms with Crippen LogP contribution < -0.4 is 0 Å². The van der Waals surface area contributed by atoms with E-state index in [1.54, 1.807) is 63.2 Å². The van der Waals surface area contributed by atoms with E-state index in [-0.39, 0.29) is 41.7 Å². The first-order valence-corrected chi connectivity index (χ1v) is 10.5. The van der Waals surface area contributed by atoms with Gasteiger partial charge in [0.1, 0.15) is 0 Å². The van der Waals surface area contributed by atoms with E-state index < -0.39 is 18.0 Å². The lowest BCUT2D eigenvalue weighted by Gasteiger charge is -2.20. The Hall–Kier alpha value is -4.14. The number of benzene rings is 2. The number of hydrogen-bond acceptors (Lipinski definition) is 8. The zero-order chi connectivity index (χ0) is 23.7. The van der Waals surface area contributed by atoms with Crippen molar-refractivity contribution >= 4 is 23.5 Å². The molecule has 0 fully saturated rings. The van der Waals surface area contributed by atoms with Gasteiger partial charge in [0.15, 0.2) is 17.3 Å². The minimum absolute atomic E-state index is 0.0928. The standard InChI is InChI=1S/C24H21N3O6/c1-4-32-23(30)19-20(24(31)33-5-2)27(26-25-19)13(3)14-10-11-17-18(12-14)22(29)16-9-7-6-8-15(16)21(17)28/h6-13H,4-5H2,1-3H3. The van der Waals surface area contributed by atoms with Gasteiger partial charge in [-0.25, -0.2) is 14.3 Å². The van der Waals surface area contributed by atoms with Crippen molar-refractivity contribution in [3.8, 4) is 0 Å². The van der Waals surface area contributed by atoms with Crippen LogP contribution in [0.25, 0.3) is 0 Å². The van der Waals surface area contributed by atoms with Gasteiger partial charge in [0.05, 0.1) is 19.3 Å². The summed E-state index contributed by atoms with van der Waals surface area (Å²) in [5, 5.41) is 7.84. The van der Waals surface area contributed by atoms with Gasteiger partial charge < -0.3 is 9.47 Å². The molecule has 9 heteroatoms. The Kier molecular flexibility index (Phi) is 5.87. The van der Waals surface area contributed by atoms with Crippen LogP contribution in [-0.2, 0) is 9.47 Å². The minimum atomic E-state index is -0.790. The lowest BCUT2D eigenvalue weighted by atomic mass is 9.83. The maximum absolute atomic E-state index is 13.1. The Bertz CT molecular complexity index is 1290. The van der Waals surface area contributed by atoms with Crippen LogP contribution in [0.4, 0.5) is 0 Å². The monoisotopic (exact) mass is 447 g/mol. The third kappa shape index (κ3) is 3.71. The zero-order valence-electron chi connectivity index (χ0n) is 18.3. The Balaban J connectivity index is 1.77. The Morgan fingerprint density at radius 2 is 1.45 bits per heavy atom. The summed E-state index contributed by atoms with van der Waals surface area (Å²) in [4.78, 5) is 50.9. The average molecular weight is 447 g/mol. The van der Waals surface area contributed by atoms with E-state index in [4.69, 9.17) is 9.47 Å². The van der Waals surface area contributed by atoms with Crippen molar-refractivity contribution in [2.24, 2.45) is 0 Å². The fraction of sp³-hybridized carbons (Fsp3) is 0.250. The first kappa shape index (κ1) is 22.1. The van der Waals surface area contributed by atoms with Crippen LogP contribution in [0.15, 0.2) is 42.5 Å². The minimum Gasteiger partial charge on any atom is -0.461 e. The third-order valence-electron chi connectivity index (χ3n) is 5.43. The number of aromatic nitrogens is 3. The molecule has 0 bridgehead atoms. The van der Waals surface area contributed by atoms with E-state index in [9.17, 15) is 19.2 Å². The molecule has 1 aromatic heterocycles. The summed E-state index contributed by atoms with van der Waals surface area (Å²) < 4.78 is 11.3. The van der Waals surface area contributed by atoms with Gasteiger partial charge >= 0.3 is 11.9 Å². The summed E-state index contributed by atoms with van der Waals surface area (Å²) in [6.07, 6.45) is 0. The highest BCUT2D eigenvalue weighted by molar-refractivity contribution is 6.28. The molecule has 0 N–H and O–H groups in total. The van der Waals surface area contributed by atoms with Crippen LogP contribution in [0.5, 0.6) is 0 Å². The van der Waals surface area contributed by atoms with Crippen LogP contribution in [0.2, 0.25) is 0 Å². The summed E-state index contributed by atoms with van der Waals surface area (Å²) in [6, 6.07) is 11.0. The predicted octanol–water partition coefficient (Wildman–Crippen LogP) is 3.02. The van der Waals surface area contributed by atoms with Crippen LogP contribution >= 0.6 is 0 Å². The maximum Gasteiger partial charge on any atom is 0.361 e. The van der Waals surface area contributed by atoms with Gasteiger partial charge in [0.2, 0.25) is 5.69 Å². The number of esters is 2. The number of ketones is 2. The van der Waals surface area contributed by atoms with Crippen molar-refractivity contribution in [3.63, 3.8) is 0 Å². The molecule has 0 saturated carbocycles. The molecule has 2 aromatic carbocycles. The van der Waals surface area contributed by atoms with E-state index in [0.717, 1.165) is 0 Å². The van der Waals surface area contributed by atoms with Crippen LogP contribution in [-0.4, -0.2) is 51.7 Å². The zero-order valence-corrected chi connectivity index (χ0v) is 18.3. The average Bonchev–Trinajstić information content (AvgIpc) is 3.27. The fourth-order valence-electron chi connectivity index (χ4n) is 3.81. The summed E-state index contributed by atoms with van der Waals surface area (Å²) >= 11 is 0. The normalized spacial score (nSPS) is 13.2. The van der Waals surface area contributed by atoms with Crippen molar-refractivity contribution < 1.29 is 28.7 Å². The molecular weight excluding hydrogens is 426 g/mol. The van der Waals surface area contributed by atoms with Gasteiger partial charge in [0, 0.05) is 22.3 Å². The van der Waals surface area contributed by atoms with Gasteiger partial charge in [-0.2, -0.15) is 0 Å². The second-order valence-corrected chi connectivity index (χ2v) is 7.36. The molecular formula is C24H21N3O6. The molecule has 0 radical (unpaired) electrons. The van der Waals surface area contributed by atoms with Gasteiger partial charge in [0.25, 0.3) is 0 Å². The van der Waals surface area contributed by atoms with Crippen molar-refractivity contribution in [2.75, 3.05) is 13.2 Å². The Morgan fingerprint density at radius 3 is 2.09 bits per heavy atom. The number of hydrogen-bond donors (Lipinski definition) is 0. The van der Waals surface area contributed by atoms with E-state index >= 15 is 0 Å². The van der Waals surface area contributed by atoms with Gasteiger partial charge in [-0.05, 0) is 38.5 Å². The summed E-state index contributed by atoms with van der Waals surface area (Å²) in [7, 11) is 0. The maximum atomic E-state index is 13.1. The molecule has 0 saturated heterocycles. The van der Waals surface area contributed by atoms with E-state index in [2.05, 4.69) is 10.3 Å². The molecule has 1 unspecified atom stereocenters. The van der Waals surface area contributed by atoms with Crippen LogP contribution in [0.3, 0.4) is 0 Å². The van der Waals surface area contributed by atoms with E-state index in [0.29, 0.717) is 22.3 Å². The van der Waals surface area contributed by atoms with Gasteiger partial charge in [-0.15, -0.1) is 5.10 Å². The third-order valence-corrected chi connectivity index (χ3v) is 5.43. The topological polar surface area (TPSA) is 117 Å². The number of ether oxygens (including phenoxy) is 2. The van der Waals surface area contributed by atoms with Crippen molar-refractivity contribution in [1.82, 2.24) is 15.0 Å². The highest BCUT2D eigenvalue weighted by atomic mass is 16.5. The van der Waals surface area contributed by atoms with Crippen molar-refractivity contribution in [2.45, 2.75) is 26.8 Å². The first-order valence-electron chi connectivity index (χ1n) is 10.5. The van der Waals surface area contributed by atoms with Crippen LogP contribution in [0.1, 0.15) is 85.2 Å². The van der Waals surface area contributed by atoms with Crippen molar-refractivity contribution in [3.05, 3.63) is 81.7 Å². The van der Waals surface area contributed by atoms with Crippen molar-refractivity contribution in [1.29, 1.82) is 0 Å². The Morgan fingerprint density at radius 1 is 0.879 bits per heavy atom. The largest absolute Gasteiger partial charge is 0.461 e. The second kappa shape index (κ2) is 8.78. The molecule has 33 heavy (non-hydrogen) atoms. The lowest BCUT2D eigenvalue weighted by Crippen LogP contribution is -2.23. The molecule has 9 nitrogen and oxygen atoms in total. The molecule has 4 rings (SSSR count). The lowest BCUT2D eigenvalue weighted by molar-refractivity contribution is 0.0466. The predicted molar refractivity (Wildman–Crippen MR) is 115 cm³/mol. The smallest absolute Gasteiger partial charge is 0.361 e. The van der Waals surface area contributed by atoms with E-state index in [1.807, 2.05) is 0 Å². The number of carbonyl (C=O) groups excluding carboxylic acids is 4. The van der Waals surface area contributed by atoms with E-state index in [1.165, 1.54) is 4.68 Å². The highest BCUT2D eigenvalue weighted by Gasteiger charge is 2.32. The van der Waals surface area contributed by atoms with Crippen LogP contribution in [0, 0.1) is 0 Å². The summed E-state index contributed by atoms with van der Waals surface area (Å²) in [5.41, 5.74) is 1.50. The summed E-state index contributed by atoms with van der Waals surface area (Å²) in [6.45, 7) is 5.21. The fourth-order valence-corrected chi connectivity index (χ4v) is 3.81. The molecule has 1 heterocycles. The SMILES string of the molecule is CCOC(=O)c1nnn(C(C)c2ccc3c(c2)C(=O)c2ccccc2C3=O)c1C(=O)OCC. The second-order valence-electron chi connectivity index (χ2n) is 7.36.